The molecule has 0 N–H and O–H groups in total. The first-order chi connectivity index (χ1) is 13.3. The minimum Gasteiger partial charge on any atom is -0.294 e. The highest BCUT2D eigenvalue weighted by atomic mass is 32.2. The van der Waals surface area contributed by atoms with Crippen molar-refractivity contribution < 1.29 is 22.4 Å². The van der Waals surface area contributed by atoms with Gasteiger partial charge < -0.3 is 0 Å². The molecule has 2 aromatic carbocycles. The highest BCUT2D eigenvalue weighted by molar-refractivity contribution is 7.90. The number of carbonyl (C=O) groups is 2. The van der Waals surface area contributed by atoms with Gasteiger partial charge in [-0.15, -0.1) is 0 Å². The van der Waals surface area contributed by atoms with E-state index < -0.39 is 27.5 Å². The van der Waals surface area contributed by atoms with Crippen LogP contribution in [0.1, 0.15) is 40.0 Å². The molecule has 0 saturated heterocycles. The Hall–Kier alpha value is -2.34. The van der Waals surface area contributed by atoms with Gasteiger partial charge in [0.15, 0.2) is 21.4 Å². The molecule has 2 aromatic rings. The van der Waals surface area contributed by atoms with Gasteiger partial charge in [0.2, 0.25) is 0 Å². The monoisotopic (exact) mass is 400 g/mol. The zero-order valence-corrected chi connectivity index (χ0v) is 16.3. The predicted octanol–water partition coefficient (Wildman–Crippen LogP) is 3.96. The molecule has 4 nitrogen and oxygen atoms in total. The number of carbonyl (C=O) groups excluding carboxylic acids is 2. The second kappa shape index (κ2) is 6.92. The summed E-state index contributed by atoms with van der Waals surface area (Å²) in [5.74, 6) is -1.06. The van der Waals surface area contributed by atoms with Crippen LogP contribution in [0, 0.1) is 29.5 Å². The third-order valence-electron chi connectivity index (χ3n) is 6.22. The van der Waals surface area contributed by atoms with E-state index in [1.165, 1.54) is 48.5 Å². The molecule has 0 aliphatic heterocycles. The number of benzene rings is 2. The minimum atomic E-state index is -3.33. The zero-order valence-electron chi connectivity index (χ0n) is 15.5. The van der Waals surface area contributed by atoms with E-state index in [9.17, 15) is 22.4 Å². The Morgan fingerprint density at radius 2 is 1.25 bits per heavy atom. The van der Waals surface area contributed by atoms with Crippen molar-refractivity contribution in [2.75, 3.05) is 6.26 Å². The molecule has 28 heavy (non-hydrogen) atoms. The summed E-state index contributed by atoms with van der Waals surface area (Å²) in [6, 6.07) is 11.4. The summed E-state index contributed by atoms with van der Waals surface area (Å²) in [6.45, 7) is 0. The van der Waals surface area contributed by atoms with Crippen molar-refractivity contribution in [1.82, 2.24) is 0 Å². The lowest BCUT2D eigenvalue weighted by molar-refractivity contribution is 0.0694. The summed E-state index contributed by atoms with van der Waals surface area (Å²) < 4.78 is 36.5. The molecular formula is C22H21FO4S. The fourth-order valence-corrected chi connectivity index (χ4v) is 5.54. The molecule has 4 atom stereocenters. The Labute approximate surface area is 163 Å². The molecule has 2 aliphatic carbocycles. The molecule has 4 rings (SSSR count). The number of fused-ring (bicyclic) bond motifs is 2. The molecule has 2 unspecified atom stereocenters. The second-order valence-electron chi connectivity index (χ2n) is 7.92. The molecule has 0 radical (unpaired) electrons. The van der Waals surface area contributed by atoms with Crippen LogP contribution < -0.4 is 0 Å². The van der Waals surface area contributed by atoms with Gasteiger partial charge in [-0.2, -0.15) is 0 Å². The number of ketones is 2. The Morgan fingerprint density at radius 3 is 1.68 bits per heavy atom. The Balaban J connectivity index is 1.64. The van der Waals surface area contributed by atoms with Gasteiger partial charge in [0.1, 0.15) is 5.82 Å². The number of hydrogen-bond donors (Lipinski definition) is 0. The molecule has 2 bridgehead atoms. The van der Waals surface area contributed by atoms with Crippen LogP contribution in [0.15, 0.2) is 53.4 Å². The number of halogens is 1. The first-order valence-electron chi connectivity index (χ1n) is 9.40. The summed E-state index contributed by atoms with van der Waals surface area (Å²) in [6.07, 6.45) is 3.83. The van der Waals surface area contributed by atoms with Crippen LogP contribution in [0.4, 0.5) is 4.39 Å². The van der Waals surface area contributed by atoms with Crippen LogP contribution in [-0.2, 0) is 9.84 Å². The lowest BCUT2D eigenvalue weighted by Crippen LogP contribution is -2.35. The maximum Gasteiger partial charge on any atom is 0.175 e. The summed E-state index contributed by atoms with van der Waals surface area (Å²) in [4.78, 5) is 26.5. The van der Waals surface area contributed by atoms with Crippen molar-refractivity contribution in [2.45, 2.75) is 24.2 Å². The fraction of sp³-hybridized carbons (Fsp3) is 0.364. The minimum absolute atomic E-state index is 0.0988. The topological polar surface area (TPSA) is 68.3 Å². The van der Waals surface area contributed by atoms with Gasteiger partial charge in [0.05, 0.1) is 4.90 Å². The Morgan fingerprint density at radius 1 is 0.821 bits per heavy atom. The van der Waals surface area contributed by atoms with E-state index >= 15 is 0 Å². The van der Waals surface area contributed by atoms with Crippen LogP contribution in [-0.4, -0.2) is 26.2 Å². The number of rotatable bonds is 5. The molecule has 0 spiro atoms. The van der Waals surface area contributed by atoms with Crippen molar-refractivity contribution in [3.63, 3.8) is 0 Å². The van der Waals surface area contributed by atoms with E-state index in [1.54, 1.807) is 0 Å². The molecular weight excluding hydrogens is 379 g/mol. The van der Waals surface area contributed by atoms with E-state index in [-0.39, 0.29) is 28.3 Å². The number of Topliss-reactive ketones (excluding diaryl/α,β-unsaturated/α-hetero) is 2. The molecule has 0 heterocycles. The smallest absolute Gasteiger partial charge is 0.175 e. The highest BCUT2D eigenvalue weighted by Gasteiger charge is 2.53. The Bertz CT molecular complexity index is 1030. The lowest BCUT2D eigenvalue weighted by Gasteiger charge is -2.29. The molecule has 0 aromatic heterocycles. The van der Waals surface area contributed by atoms with Crippen LogP contribution in [0.5, 0.6) is 0 Å². The van der Waals surface area contributed by atoms with Crippen molar-refractivity contribution in [3.05, 3.63) is 65.5 Å². The summed E-state index contributed by atoms with van der Waals surface area (Å²) >= 11 is 0. The maximum absolute atomic E-state index is 13.2. The van der Waals surface area contributed by atoms with E-state index in [0.29, 0.717) is 11.1 Å². The lowest BCUT2D eigenvalue weighted by atomic mass is 9.72. The molecule has 2 saturated carbocycles. The molecule has 146 valence electrons. The van der Waals surface area contributed by atoms with E-state index in [4.69, 9.17) is 0 Å². The van der Waals surface area contributed by atoms with E-state index in [0.717, 1.165) is 25.5 Å². The third kappa shape index (κ3) is 3.30. The van der Waals surface area contributed by atoms with Gasteiger partial charge in [-0.25, -0.2) is 12.8 Å². The van der Waals surface area contributed by atoms with E-state index in [2.05, 4.69) is 0 Å². The van der Waals surface area contributed by atoms with Gasteiger partial charge in [0, 0.05) is 29.2 Å². The standard InChI is InChI=1S/C22H21FO4S/c1-28(26,27)18-10-6-14(7-11-18)22(25)20-16-3-2-15(12-16)19(20)21(24)13-4-8-17(23)9-5-13/h4-11,15-16,19-20H,2-3,12H2,1H3/t15-,16+,19?,20?/m1/s1. The first-order valence-corrected chi connectivity index (χ1v) is 11.3. The normalized spacial score (nSPS) is 26.4. The van der Waals surface area contributed by atoms with Gasteiger partial charge >= 0.3 is 0 Å². The zero-order chi connectivity index (χ0) is 20.1. The van der Waals surface area contributed by atoms with Gasteiger partial charge in [-0.1, -0.05) is 12.1 Å². The van der Waals surface area contributed by atoms with Gasteiger partial charge in [-0.3, -0.25) is 9.59 Å². The number of sulfone groups is 1. The van der Waals surface area contributed by atoms with Crippen LogP contribution in [0.2, 0.25) is 0 Å². The first kappa shape index (κ1) is 19.0. The average molecular weight is 400 g/mol. The van der Waals surface area contributed by atoms with Crippen molar-refractivity contribution in [2.24, 2.45) is 23.7 Å². The third-order valence-corrected chi connectivity index (χ3v) is 7.35. The van der Waals surface area contributed by atoms with Crippen LogP contribution in [0.3, 0.4) is 0 Å². The number of hydrogen-bond acceptors (Lipinski definition) is 4. The summed E-state index contributed by atoms with van der Waals surface area (Å²) in [7, 11) is -3.33. The quantitative estimate of drug-likeness (QED) is 0.713. The fourth-order valence-electron chi connectivity index (χ4n) is 4.91. The van der Waals surface area contributed by atoms with Crippen molar-refractivity contribution in [1.29, 1.82) is 0 Å². The van der Waals surface area contributed by atoms with Gasteiger partial charge in [-0.05, 0) is 67.5 Å². The second-order valence-corrected chi connectivity index (χ2v) is 9.93. The highest BCUT2D eigenvalue weighted by Crippen LogP contribution is 2.54. The summed E-state index contributed by atoms with van der Waals surface area (Å²) in [5, 5.41) is 0. The summed E-state index contributed by atoms with van der Waals surface area (Å²) in [5.41, 5.74) is 0.867. The van der Waals surface area contributed by atoms with Crippen molar-refractivity contribution >= 4 is 21.4 Å². The van der Waals surface area contributed by atoms with Crippen LogP contribution >= 0.6 is 0 Å². The Kier molecular flexibility index (Phi) is 4.70. The molecule has 2 aliphatic rings. The predicted molar refractivity (Wildman–Crippen MR) is 102 cm³/mol. The largest absolute Gasteiger partial charge is 0.294 e. The average Bonchev–Trinajstić information content (AvgIpc) is 3.28. The van der Waals surface area contributed by atoms with E-state index in [1.807, 2.05) is 0 Å². The van der Waals surface area contributed by atoms with Crippen molar-refractivity contribution in [3.8, 4) is 0 Å². The molecule has 6 heteroatoms. The maximum atomic E-state index is 13.2. The molecule has 0 amide bonds. The SMILES string of the molecule is CS(=O)(=O)c1ccc(C(=O)C2C(C(=O)c3ccc(F)cc3)[C@@H]3CC[C@H]2C3)cc1. The molecule has 2 fully saturated rings. The van der Waals surface area contributed by atoms with Gasteiger partial charge in [0.25, 0.3) is 0 Å². The van der Waals surface area contributed by atoms with Crippen LogP contribution in [0.25, 0.3) is 0 Å².